The molecule has 2 aromatic rings. The molecule has 0 heterocycles. The molecule has 0 aliphatic heterocycles. The molecule has 2 rings (SSSR count). The molecule has 0 aliphatic carbocycles. The van der Waals surface area contributed by atoms with Crippen molar-refractivity contribution in [3.05, 3.63) is 64.2 Å². The second-order valence-electron chi connectivity index (χ2n) is 5.90. The van der Waals surface area contributed by atoms with Crippen molar-refractivity contribution in [1.29, 1.82) is 0 Å². The van der Waals surface area contributed by atoms with Gasteiger partial charge in [0.15, 0.2) is 0 Å². The molecule has 4 nitrogen and oxygen atoms in total. The summed E-state index contributed by atoms with van der Waals surface area (Å²) >= 11 is 5.91. The molecular weight excluding hydrogens is 381 g/mol. The number of alkyl halides is 3. The van der Waals surface area contributed by atoms with Gasteiger partial charge < -0.3 is 10.2 Å². The molecule has 0 bridgehead atoms. The van der Waals surface area contributed by atoms with Gasteiger partial charge in [-0.05, 0) is 55.8 Å². The van der Waals surface area contributed by atoms with Crippen LogP contribution in [0.15, 0.2) is 42.5 Å². The summed E-state index contributed by atoms with van der Waals surface area (Å²) < 4.78 is 37.9. The van der Waals surface area contributed by atoms with E-state index in [0.29, 0.717) is 10.7 Å². The maximum absolute atomic E-state index is 12.6. The van der Waals surface area contributed by atoms with E-state index in [9.17, 15) is 22.8 Å². The van der Waals surface area contributed by atoms with Gasteiger partial charge in [0, 0.05) is 22.8 Å². The lowest BCUT2D eigenvalue weighted by Gasteiger charge is -2.21. The smallest absolute Gasteiger partial charge is 0.330 e. The van der Waals surface area contributed by atoms with Crippen molar-refractivity contribution in [1.82, 2.24) is 4.90 Å². The van der Waals surface area contributed by atoms with Gasteiger partial charge in [0.1, 0.15) is 6.54 Å². The standard InChI is InChI=1S/C19H18ClF3N2O2/c1-3-25(11-17(26)24-16-10-15(20)9-4-12(16)2)18(27)13-5-7-14(8-6-13)19(21,22)23/h4-10H,3,11H2,1-2H3,(H,24,26). The number of halogens is 4. The topological polar surface area (TPSA) is 49.4 Å². The summed E-state index contributed by atoms with van der Waals surface area (Å²) in [6.07, 6.45) is -4.47. The first-order valence-electron chi connectivity index (χ1n) is 8.14. The first kappa shape index (κ1) is 20.8. The summed E-state index contributed by atoms with van der Waals surface area (Å²) in [5.74, 6) is -0.952. The zero-order chi connectivity index (χ0) is 20.2. The van der Waals surface area contributed by atoms with Gasteiger partial charge in [-0.25, -0.2) is 0 Å². The van der Waals surface area contributed by atoms with Crippen molar-refractivity contribution in [2.24, 2.45) is 0 Å². The van der Waals surface area contributed by atoms with Crippen LogP contribution in [-0.2, 0) is 11.0 Å². The van der Waals surface area contributed by atoms with E-state index in [1.807, 2.05) is 0 Å². The van der Waals surface area contributed by atoms with Gasteiger partial charge in [-0.2, -0.15) is 13.2 Å². The highest BCUT2D eigenvalue weighted by molar-refractivity contribution is 6.31. The average Bonchev–Trinajstić information content (AvgIpc) is 2.61. The van der Waals surface area contributed by atoms with Crippen LogP contribution in [0.1, 0.15) is 28.4 Å². The Hall–Kier alpha value is -2.54. The number of likely N-dealkylation sites (N-methyl/N-ethyl adjacent to an activating group) is 1. The van der Waals surface area contributed by atoms with E-state index in [2.05, 4.69) is 5.32 Å². The lowest BCUT2D eigenvalue weighted by Crippen LogP contribution is -2.38. The van der Waals surface area contributed by atoms with Crippen LogP contribution in [0, 0.1) is 6.92 Å². The fraction of sp³-hybridized carbons (Fsp3) is 0.263. The van der Waals surface area contributed by atoms with Crippen LogP contribution in [0.25, 0.3) is 0 Å². The normalized spacial score (nSPS) is 11.2. The van der Waals surface area contributed by atoms with Crippen LogP contribution in [-0.4, -0.2) is 29.8 Å². The quantitative estimate of drug-likeness (QED) is 0.788. The van der Waals surface area contributed by atoms with Gasteiger partial charge in [-0.15, -0.1) is 0 Å². The molecule has 0 aromatic heterocycles. The van der Waals surface area contributed by atoms with Gasteiger partial charge in [-0.3, -0.25) is 9.59 Å². The maximum Gasteiger partial charge on any atom is 0.416 e. The molecule has 0 aliphatic rings. The summed E-state index contributed by atoms with van der Waals surface area (Å²) in [5.41, 5.74) is 0.586. The molecule has 0 saturated carbocycles. The molecule has 0 fully saturated rings. The monoisotopic (exact) mass is 398 g/mol. The molecule has 2 aromatic carbocycles. The Labute approximate surface area is 159 Å². The zero-order valence-corrected chi connectivity index (χ0v) is 15.5. The number of nitrogens with one attached hydrogen (secondary N) is 1. The van der Waals surface area contributed by atoms with Crippen molar-refractivity contribution < 1.29 is 22.8 Å². The summed E-state index contributed by atoms with van der Waals surface area (Å²) in [4.78, 5) is 26.0. The van der Waals surface area contributed by atoms with E-state index in [-0.39, 0.29) is 18.7 Å². The maximum atomic E-state index is 12.6. The van der Waals surface area contributed by atoms with Crippen LogP contribution >= 0.6 is 11.6 Å². The third-order valence-electron chi connectivity index (χ3n) is 3.94. The molecule has 27 heavy (non-hydrogen) atoms. The highest BCUT2D eigenvalue weighted by atomic mass is 35.5. The largest absolute Gasteiger partial charge is 0.416 e. The number of nitrogens with zero attached hydrogens (tertiary/aromatic N) is 1. The van der Waals surface area contributed by atoms with E-state index in [1.165, 1.54) is 4.90 Å². The van der Waals surface area contributed by atoms with E-state index in [0.717, 1.165) is 29.8 Å². The first-order chi connectivity index (χ1) is 12.6. The fourth-order valence-corrected chi connectivity index (χ4v) is 2.58. The van der Waals surface area contributed by atoms with Crippen molar-refractivity contribution in [3.63, 3.8) is 0 Å². The number of rotatable bonds is 5. The molecule has 0 radical (unpaired) electrons. The van der Waals surface area contributed by atoms with Crippen LogP contribution in [0.2, 0.25) is 5.02 Å². The number of anilines is 1. The Morgan fingerprint density at radius 3 is 2.30 bits per heavy atom. The lowest BCUT2D eigenvalue weighted by molar-refractivity contribution is -0.137. The van der Waals surface area contributed by atoms with E-state index in [1.54, 1.807) is 32.0 Å². The molecule has 1 N–H and O–H groups in total. The molecule has 2 amide bonds. The number of hydrogen-bond donors (Lipinski definition) is 1. The van der Waals surface area contributed by atoms with Gasteiger partial charge in [0.2, 0.25) is 5.91 Å². The zero-order valence-electron chi connectivity index (χ0n) is 14.7. The number of benzene rings is 2. The number of carbonyl (C=O) groups is 2. The van der Waals surface area contributed by atoms with Crippen LogP contribution in [0.3, 0.4) is 0 Å². The molecule has 0 atom stereocenters. The molecular formula is C19H18ClF3N2O2. The summed E-state index contributed by atoms with van der Waals surface area (Å²) in [6, 6.07) is 8.94. The minimum atomic E-state index is -4.47. The molecule has 144 valence electrons. The third kappa shape index (κ3) is 5.47. The van der Waals surface area contributed by atoms with Gasteiger partial charge in [-0.1, -0.05) is 17.7 Å². The van der Waals surface area contributed by atoms with Crippen molar-refractivity contribution in [3.8, 4) is 0 Å². The summed E-state index contributed by atoms with van der Waals surface area (Å²) in [7, 11) is 0. The van der Waals surface area contributed by atoms with E-state index < -0.39 is 23.6 Å². The SMILES string of the molecule is CCN(CC(=O)Nc1cc(Cl)ccc1C)C(=O)c1ccc(C(F)(F)F)cc1. The average molecular weight is 399 g/mol. The van der Waals surface area contributed by atoms with Gasteiger partial charge in [0.25, 0.3) is 5.91 Å². The van der Waals surface area contributed by atoms with E-state index in [4.69, 9.17) is 11.6 Å². The van der Waals surface area contributed by atoms with Crippen molar-refractivity contribution in [2.75, 3.05) is 18.4 Å². The highest BCUT2D eigenvalue weighted by Gasteiger charge is 2.30. The summed E-state index contributed by atoms with van der Waals surface area (Å²) in [5, 5.41) is 3.15. The second-order valence-corrected chi connectivity index (χ2v) is 6.34. The molecule has 0 unspecified atom stereocenters. The summed E-state index contributed by atoms with van der Waals surface area (Å²) in [6.45, 7) is 3.47. The fourth-order valence-electron chi connectivity index (χ4n) is 2.40. The third-order valence-corrected chi connectivity index (χ3v) is 4.17. The number of aryl methyl sites for hydroxylation is 1. The Morgan fingerprint density at radius 2 is 1.74 bits per heavy atom. The van der Waals surface area contributed by atoms with Gasteiger partial charge >= 0.3 is 6.18 Å². The number of hydrogen-bond acceptors (Lipinski definition) is 2. The minimum absolute atomic E-state index is 0.0802. The number of amides is 2. The predicted octanol–water partition coefficient (Wildman–Crippen LogP) is 4.77. The second kappa shape index (κ2) is 8.43. The van der Waals surface area contributed by atoms with Crippen molar-refractivity contribution >= 4 is 29.1 Å². The predicted molar refractivity (Wildman–Crippen MR) is 97.8 cm³/mol. The Bertz CT molecular complexity index is 836. The molecule has 0 spiro atoms. The molecule has 0 saturated heterocycles. The minimum Gasteiger partial charge on any atom is -0.330 e. The van der Waals surface area contributed by atoms with Crippen LogP contribution in [0.4, 0.5) is 18.9 Å². The van der Waals surface area contributed by atoms with Crippen molar-refractivity contribution in [2.45, 2.75) is 20.0 Å². The first-order valence-corrected chi connectivity index (χ1v) is 8.52. The number of carbonyl (C=O) groups excluding carboxylic acids is 2. The lowest BCUT2D eigenvalue weighted by atomic mass is 10.1. The Morgan fingerprint density at radius 1 is 1.11 bits per heavy atom. The Kier molecular flexibility index (Phi) is 6.49. The molecule has 8 heteroatoms. The van der Waals surface area contributed by atoms with E-state index >= 15 is 0 Å². The van der Waals surface area contributed by atoms with Crippen LogP contribution < -0.4 is 5.32 Å². The Balaban J connectivity index is 2.08. The highest BCUT2D eigenvalue weighted by Crippen LogP contribution is 2.29. The van der Waals surface area contributed by atoms with Crippen LogP contribution in [0.5, 0.6) is 0 Å². The van der Waals surface area contributed by atoms with Gasteiger partial charge in [0.05, 0.1) is 5.56 Å².